The normalized spacial score (nSPS) is 23.3. The van der Waals surface area contributed by atoms with Gasteiger partial charge in [-0.1, -0.05) is 0 Å². The average molecular weight is 305 g/mol. The summed E-state index contributed by atoms with van der Waals surface area (Å²) in [5, 5.41) is 9.45. The van der Waals surface area contributed by atoms with Crippen LogP contribution in [0.3, 0.4) is 0 Å². The molecule has 1 unspecified atom stereocenters. The van der Waals surface area contributed by atoms with Crippen molar-refractivity contribution in [2.24, 2.45) is 0 Å². The second-order valence-corrected chi connectivity index (χ2v) is 5.82. The number of hydrogen-bond acceptors (Lipinski definition) is 6. The molecule has 106 valence electrons. The summed E-state index contributed by atoms with van der Waals surface area (Å²) in [4.78, 5) is 27.1. The van der Waals surface area contributed by atoms with Crippen LogP contribution in [0.15, 0.2) is 24.5 Å². The number of hydrogen-bond donors (Lipinski definition) is 2. The maximum absolute atomic E-state index is 13.6. The van der Waals surface area contributed by atoms with E-state index in [9.17, 15) is 14.0 Å². The fourth-order valence-corrected chi connectivity index (χ4v) is 3.58. The predicted molar refractivity (Wildman–Crippen MR) is 73.4 cm³/mol. The second-order valence-electron chi connectivity index (χ2n) is 4.63. The number of benzene rings is 1. The highest BCUT2D eigenvalue weighted by Gasteiger charge is 2.50. The molecule has 1 amide bonds. The van der Waals surface area contributed by atoms with Gasteiger partial charge in [0.15, 0.2) is 4.87 Å². The molecule has 1 spiro atoms. The van der Waals surface area contributed by atoms with Crippen LogP contribution in [0.4, 0.5) is 16.0 Å². The highest BCUT2D eigenvalue weighted by atomic mass is 32.2. The van der Waals surface area contributed by atoms with E-state index < -0.39 is 10.7 Å². The number of nitrogens with one attached hydrogen (secondary N) is 2. The number of anilines is 2. The molecule has 2 aromatic rings. The third kappa shape index (κ3) is 1.60. The lowest BCUT2D eigenvalue weighted by Crippen LogP contribution is -2.39. The number of carbonyl (C=O) groups is 2. The van der Waals surface area contributed by atoms with E-state index in [1.54, 1.807) is 0 Å². The quantitative estimate of drug-likeness (QED) is 0.755. The third-order valence-corrected chi connectivity index (χ3v) is 4.74. The lowest BCUT2D eigenvalue weighted by atomic mass is 10.1. The number of halogens is 1. The Morgan fingerprint density at radius 1 is 1.38 bits per heavy atom. The molecule has 21 heavy (non-hydrogen) atoms. The molecule has 2 aliphatic heterocycles. The van der Waals surface area contributed by atoms with Crippen LogP contribution < -0.4 is 10.6 Å². The zero-order valence-electron chi connectivity index (χ0n) is 10.5. The molecule has 0 saturated heterocycles. The highest BCUT2D eigenvalue weighted by Crippen LogP contribution is 2.47. The molecule has 2 aliphatic rings. The van der Waals surface area contributed by atoms with Gasteiger partial charge in [-0.3, -0.25) is 9.59 Å². The van der Waals surface area contributed by atoms with Gasteiger partial charge in [-0.2, -0.15) is 14.8 Å². The molecule has 1 atom stereocenters. The van der Waals surface area contributed by atoms with Crippen molar-refractivity contribution < 1.29 is 14.0 Å². The minimum absolute atomic E-state index is 0.0206. The summed E-state index contributed by atoms with van der Waals surface area (Å²) in [5.74, 6) is -0.930. The molecule has 7 nitrogen and oxygen atoms in total. The van der Waals surface area contributed by atoms with Crippen LogP contribution in [0.25, 0.3) is 0 Å². The summed E-state index contributed by atoms with van der Waals surface area (Å²) in [6.45, 7) is 0. The molecule has 0 saturated carbocycles. The number of fused-ring (bicyclic) bond motifs is 3. The Morgan fingerprint density at radius 3 is 3.10 bits per heavy atom. The van der Waals surface area contributed by atoms with E-state index in [4.69, 9.17) is 0 Å². The minimum atomic E-state index is -1.28. The predicted octanol–water partition coefficient (Wildman–Crippen LogP) is 1.02. The summed E-state index contributed by atoms with van der Waals surface area (Å²) in [5.41, 5.74) is 0.962. The van der Waals surface area contributed by atoms with Gasteiger partial charge in [0.05, 0.1) is 5.75 Å². The molecule has 0 radical (unpaired) electrons. The van der Waals surface area contributed by atoms with E-state index in [1.165, 1.54) is 24.5 Å². The van der Waals surface area contributed by atoms with E-state index >= 15 is 0 Å². The van der Waals surface area contributed by atoms with Gasteiger partial charge in [0.2, 0.25) is 5.95 Å². The Hall–Kier alpha value is -2.42. The Bertz CT molecular complexity index is 792. The molecule has 1 aromatic heterocycles. The zero-order chi connectivity index (χ0) is 14.6. The molecule has 4 rings (SSSR count). The first-order chi connectivity index (χ1) is 10.1. The van der Waals surface area contributed by atoms with Gasteiger partial charge in [0, 0.05) is 11.3 Å². The van der Waals surface area contributed by atoms with Gasteiger partial charge in [0.25, 0.3) is 11.8 Å². The van der Waals surface area contributed by atoms with Gasteiger partial charge in [0.1, 0.15) is 12.1 Å². The minimum Gasteiger partial charge on any atom is -0.328 e. The molecule has 9 heteroatoms. The number of nitrogens with zero attached hydrogens (tertiary/aromatic N) is 3. The number of aromatic nitrogens is 3. The van der Waals surface area contributed by atoms with Crippen LogP contribution >= 0.6 is 11.8 Å². The Labute approximate surface area is 121 Å². The Kier molecular flexibility index (Phi) is 2.37. The summed E-state index contributed by atoms with van der Waals surface area (Å²) < 4.78 is 14.7. The van der Waals surface area contributed by atoms with Gasteiger partial charge in [-0.15, -0.1) is 11.8 Å². The van der Waals surface area contributed by atoms with E-state index in [0.29, 0.717) is 11.3 Å². The van der Waals surface area contributed by atoms with Crippen molar-refractivity contribution in [3.63, 3.8) is 0 Å². The van der Waals surface area contributed by atoms with Crippen molar-refractivity contribution in [2.75, 3.05) is 16.4 Å². The van der Waals surface area contributed by atoms with E-state index in [2.05, 4.69) is 20.7 Å². The molecule has 0 aliphatic carbocycles. The summed E-state index contributed by atoms with van der Waals surface area (Å²) in [7, 11) is 0. The average Bonchev–Trinajstić information content (AvgIpc) is 2.98. The molecular weight excluding hydrogens is 297 g/mol. The summed E-state index contributed by atoms with van der Waals surface area (Å²) in [6.07, 6.45) is 1.23. The van der Waals surface area contributed by atoms with Crippen molar-refractivity contribution in [3.05, 3.63) is 35.9 Å². The molecule has 0 bridgehead atoms. The first-order valence-electron chi connectivity index (χ1n) is 6.07. The first-order valence-corrected chi connectivity index (χ1v) is 7.05. The molecule has 0 fully saturated rings. The lowest BCUT2D eigenvalue weighted by Gasteiger charge is -2.25. The Morgan fingerprint density at radius 2 is 2.24 bits per heavy atom. The zero-order valence-corrected chi connectivity index (χ0v) is 11.3. The fourth-order valence-electron chi connectivity index (χ4n) is 2.45. The van der Waals surface area contributed by atoms with E-state index in [1.807, 2.05) is 0 Å². The van der Waals surface area contributed by atoms with Crippen LogP contribution in [0.2, 0.25) is 0 Å². The fraction of sp³-hybridized carbons (Fsp3) is 0.167. The maximum Gasteiger partial charge on any atom is 0.265 e. The van der Waals surface area contributed by atoms with Gasteiger partial charge >= 0.3 is 0 Å². The Balaban J connectivity index is 1.91. The van der Waals surface area contributed by atoms with Crippen LogP contribution in [-0.4, -0.2) is 32.3 Å². The standard InChI is InChI=1S/C12H8FN5O2S/c13-6-1-2-8-7(3-6)12(10(20)16-8)17-11-14-5-15-18(11)9(19)4-21-12/h1-3,5H,4H2,(H,16,20)(H,14,15,17). The van der Waals surface area contributed by atoms with Crippen LogP contribution in [0.1, 0.15) is 10.4 Å². The topological polar surface area (TPSA) is 88.9 Å². The SMILES string of the molecule is O=C1CSC2(Nc3ncnn31)C(=O)Nc1ccc(F)cc12. The highest BCUT2D eigenvalue weighted by molar-refractivity contribution is 8.01. The first kappa shape index (κ1) is 12.3. The smallest absolute Gasteiger partial charge is 0.265 e. The van der Waals surface area contributed by atoms with Crippen LogP contribution in [0, 0.1) is 5.82 Å². The maximum atomic E-state index is 13.6. The van der Waals surface area contributed by atoms with Crippen molar-refractivity contribution in [1.82, 2.24) is 14.8 Å². The van der Waals surface area contributed by atoms with E-state index in [-0.39, 0.29) is 23.5 Å². The number of amides is 1. The lowest BCUT2D eigenvalue weighted by molar-refractivity contribution is -0.117. The van der Waals surface area contributed by atoms with Crippen molar-refractivity contribution in [2.45, 2.75) is 4.87 Å². The number of carbonyl (C=O) groups excluding carboxylic acids is 2. The van der Waals surface area contributed by atoms with Gasteiger partial charge in [-0.25, -0.2) is 4.39 Å². The second kappa shape index (κ2) is 4.04. The number of thioether (sulfide) groups is 1. The summed E-state index contributed by atoms with van der Waals surface area (Å²) in [6, 6.07) is 4.05. The van der Waals surface area contributed by atoms with E-state index in [0.717, 1.165) is 16.4 Å². The van der Waals surface area contributed by atoms with Crippen molar-refractivity contribution in [3.8, 4) is 0 Å². The van der Waals surface area contributed by atoms with Crippen LogP contribution in [0.5, 0.6) is 0 Å². The molecular formula is C12H8FN5O2S. The monoisotopic (exact) mass is 305 g/mol. The number of rotatable bonds is 0. The van der Waals surface area contributed by atoms with Gasteiger partial charge < -0.3 is 10.6 Å². The molecule has 1 aromatic carbocycles. The largest absolute Gasteiger partial charge is 0.328 e. The third-order valence-electron chi connectivity index (χ3n) is 3.41. The van der Waals surface area contributed by atoms with Gasteiger partial charge in [-0.05, 0) is 18.2 Å². The van der Waals surface area contributed by atoms with Crippen molar-refractivity contribution in [1.29, 1.82) is 0 Å². The molecule has 3 heterocycles. The summed E-state index contributed by atoms with van der Waals surface area (Å²) >= 11 is 1.08. The van der Waals surface area contributed by atoms with Crippen molar-refractivity contribution >= 4 is 35.2 Å². The van der Waals surface area contributed by atoms with Crippen LogP contribution in [-0.2, 0) is 9.67 Å². The molecule has 2 N–H and O–H groups in total.